The molecule has 1 aliphatic rings. The number of amides is 2. The molecule has 1 aromatic heterocycles. The monoisotopic (exact) mass is 396 g/mol. The molecule has 1 fully saturated rings. The van der Waals surface area contributed by atoms with Gasteiger partial charge in [0.05, 0.1) is 17.9 Å². The third-order valence-corrected chi connectivity index (χ3v) is 4.94. The Morgan fingerprint density at radius 3 is 2.72 bits per heavy atom. The van der Waals surface area contributed by atoms with Crippen molar-refractivity contribution in [3.63, 3.8) is 0 Å². The largest absolute Gasteiger partial charge is 0.450 e. The quantitative estimate of drug-likeness (QED) is 0.782. The average molecular weight is 396 g/mol. The number of likely N-dealkylation sites (tertiary alicyclic amines) is 1. The number of aryl methyl sites for hydroxylation is 1. The molecule has 0 bridgehead atoms. The summed E-state index contributed by atoms with van der Waals surface area (Å²) in [6.45, 7) is 6.06. The first-order valence-corrected chi connectivity index (χ1v) is 10.0. The molecule has 2 aromatic rings. The van der Waals surface area contributed by atoms with E-state index in [-0.39, 0.29) is 18.0 Å². The normalized spacial score (nSPS) is 14.3. The van der Waals surface area contributed by atoms with Crippen molar-refractivity contribution in [1.29, 1.82) is 0 Å². The van der Waals surface area contributed by atoms with Gasteiger partial charge in [-0.3, -0.25) is 9.78 Å². The van der Waals surface area contributed by atoms with Gasteiger partial charge in [0.2, 0.25) is 0 Å². The van der Waals surface area contributed by atoms with Crippen molar-refractivity contribution in [3.05, 3.63) is 59.4 Å². The average Bonchev–Trinajstić information content (AvgIpc) is 2.73. The van der Waals surface area contributed by atoms with E-state index in [0.29, 0.717) is 44.6 Å². The molecule has 0 spiro atoms. The van der Waals surface area contributed by atoms with Gasteiger partial charge in [-0.25, -0.2) is 4.79 Å². The minimum atomic E-state index is -0.283. The number of nitrogens with one attached hydrogen (secondary N) is 2. The van der Waals surface area contributed by atoms with Crippen LogP contribution in [0.25, 0.3) is 0 Å². The van der Waals surface area contributed by atoms with Gasteiger partial charge >= 0.3 is 6.09 Å². The molecule has 1 aliphatic heterocycles. The van der Waals surface area contributed by atoms with E-state index in [0.717, 1.165) is 5.69 Å². The Labute approximate surface area is 171 Å². The summed E-state index contributed by atoms with van der Waals surface area (Å²) in [7, 11) is 0. The second-order valence-corrected chi connectivity index (χ2v) is 7.24. The number of anilines is 1. The van der Waals surface area contributed by atoms with E-state index in [1.54, 1.807) is 24.2 Å². The highest BCUT2D eigenvalue weighted by molar-refractivity contribution is 5.94. The molecule has 0 atom stereocenters. The number of carbonyl (C=O) groups is 2. The molecule has 2 N–H and O–H groups in total. The topological polar surface area (TPSA) is 83.6 Å². The Morgan fingerprint density at radius 2 is 2.00 bits per heavy atom. The van der Waals surface area contributed by atoms with Gasteiger partial charge in [-0.1, -0.05) is 29.8 Å². The second-order valence-electron chi connectivity index (χ2n) is 7.24. The number of benzene rings is 1. The summed E-state index contributed by atoms with van der Waals surface area (Å²) >= 11 is 0. The van der Waals surface area contributed by atoms with Gasteiger partial charge in [-0.05, 0) is 38.3 Å². The van der Waals surface area contributed by atoms with E-state index in [1.807, 2.05) is 12.1 Å². The van der Waals surface area contributed by atoms with Crippen molar-refractivity contribution in [2.24, 2.45) is 0 Å². The number of piperidine rings is 1. The minimum absolute atomic E-state index is 0.0390. The number of carbonyl (C=O) groups excluding carboxylic acids is 2. The molecule has 0 aliphatic carbocycles. The lowest BCUT2D eigenvalue weighted by atomic mass is 10.0. The fraction of sp³-hybridized carbons (Fsp3) is 0.409. The van der Waals surface area contributed by atoms with Crippen LogP contribution in [-0.4, -0.2) is 47.6 Å². The summed E-state index contributed by atoms with van der Waals surface area (Å²) in [5.41, 5.74) is 3.71. The predicted molar refractivity (Wildman–Crippen MR) is 112 cm³/mol. The Kier molecular flexibility index (Phi) is 7.05. The van der Waals surface area contributed by atoms with E-state index in [9.17, 15) is 9.59 Å². The molecule has 1 aromatic carbocycles. The first-order chi connectivity index (χ1) is 14.0. The van der Waals surface area contributed by atoms with Crippen LogP contribution in [-0.2, 0) is 11.3 Å². The highest BCUT2D eigenvalue weighted by atomic mass is 16.6. The third-order valence-electron chi connectivity index (χ3n) is 4.94. The molecule has 3 rings (SSSR count). The van der Waals surface area contributed by atoms with Crippen LogP contribution in [0.15, 0.2) is 42.7 Å². The van der Waals surface area contributed by atoms with Crippen molar-refractivity contribution in [2.75, 3.05) is 25.0 Å². The Morgan fingerprint density at radius 1 is 1.21 bits per heavy atom. The molecule has 7 nitrogen and oxygen atoms in total. The Bertz CT molecular complexity index is 847. The third kappa shape index (κ3) is 5.94. The maximum absolute atomic E-state index is 12.6. The van der Waals surface area contributed by atoms with Crippen LogP contribution in [0.4, 0.5) is 10.5 Å². The van der Waals surface area contributed by atoms with Gasteiger partial charge in [-0.15, -0.1) is 0 Å². The van der Waals surface area contributed by atoms with Gasteiger partial charge in [-0.2, -0.15) is 0 Å². The van der Waals surface area contributed by atoms with E-state index >= 15 is 0 Å². The Hall–Kier alpha value is -3.09. The second kappa shape index (κ2) is 9.91. The lowest BCUT2D eigenvalue weighted by Gasteiger charge is -2.31. The van der Waals surface area contributed by atoms with Gasteiger partial charge < -0.3 is 20.3 Å². The zero-order valence-electron chi connectivity index (χ0n) is 17.0. The molecule has 7 heteroatoms. The summed E-state index contributed by atoms with van der Waals surface area (Å²) < 4.78 is 5.03. The van der Waals surface area contributed by atoms with Crippen molar-refractivity contribution in [1.82, 2.24) is 15.2 Å². The lowest BCUT2D eigenvalue weighted by molar-refractivity contribution is 0.0860. The van der Waals surface area contributed by atoms with Crippen LogP contribution in [0.3, 0.4) is 0 Å². The highest BCUT2D eigenvalue weighted by Gasteiger charge is 2.24. The number of hydrogen-bond donors (Lipinski definition) is 2. The number of ether oxygens (including phenoxy) is 1. The highest BCUT2D eigenvalue weighted by Crippen LogP contribution is 2.14. The molecule has 2 heterocycles. The molecule has 0 radical (unpaired) electrons. The predicted octanol–water partition coefficient (Wildman–Crippen LogP) is 3.35. The summed E-state index contributed by atoms with van der Waals surface area (Å²) in [5, 5.41) is 6.37. The molecule has 154 valence electrons. The fourth-order valence-corrected chi connectivity index (χ4v) is 3.38. The van der Waals surface area contributed by atoms with Crippen LogP contribution in [0, 0.1) is 6.92 Å². The van der Waals surface area contributed by atoms with E-state index in [2.05, 4.69) is 40.7 Å². The SMILES string of the molecule is CCOC(=O)N1CCC(NC(=O)c2cncc(NCc3cccc(C)c3)c2)CC1. The van der Waals surface area contributed by atoms with Crippen LogP contribution >= 0.6 is 0 Å². The first kappa shape index (κ1) is 20.6. The van der Waals surface area contributed by atoms with Gasteiger partial charge in [0, 0.05) is 38.1 Å². The van der Waals surface area contributed by atoms with Gasteiger partial charge in [0.25, 0.3) is 5.91 Å². The summed E-state index contributed by atoms with van der Waals surface area (Å²) in [5.74, 6) is -0.147. The maximum Gasteiger partial charge on any atom is 0.409 e. The molecule has 29 heavy (non-hydrogen) atoms. The van der Waals surface area contributed by atoms with Crippen molar-refractivity contribution in [2.45, 2.75) is 39.3 Å². The summed E-state index contributed by atoms with van der Waals surface area (Å²) in [6.07, 6.45) is 4.42. The smallest absolute Gasteiger partial charge is 0.409 e. The number of hydrogen-bond acceptors (Lipinski definition) is 5. The van der Waals surface area contributed by atoms with Gasteiger partial charge in [0.15, 0.2) is 0 Å². The molecule has 0 unspecified atom stereocenters. The lowest BCUT2D eigenvalue weighted by Crippen LogP contribution is -2.46. The van der Waals surface area contributed by atoms with Crippen molar-refractivity contribution >= 4 is 17.7 Å². The zero-order chi connectivity index (χ0) is 20.6. The molecule has 2 amide bonds. The molecular weight excluding hydrogens is 368 g/mol. The number of aromatic nitrogens is 1. The van der Waals surface area contributed by atoms with Crippen LogP contribution < -0.4 is 10.6 Å². The minimum Gasteiger partial charge on any atom is -0.450 e. The zero-order valence-corrected chi connectivity index (χ0v) is 17.0. The number of pyridine rings is 1. The standard InChI is InChI=1S/C22H28N4O3/c1-3-29-22(28)26-9-7-19(8-10-26)25-21(27)18-12-20(15-23-14-18)24-13-17-6-4-5-16(2)11-17/h4-6,11-12,14-15,19,24H,3,7-10,13H2,1-2H3,(H,25,27). The van der Waals surface area contributed by atoms with Crippen LogP contribution in [0.5, 0.6) is 0 Å². The van der Waals surface area contributed by atoms with Crippen molar-refractivity contribution < 1.29 is 14.3 Å². The van der Waals surface area contributed by atoms with Crippen LogP contribution in [0.1, 0.15) is 41.3 Å². The maximum atomic E-state index is 12.6. The molecular formula is C22H28N4O3. The van der Waals surface area contributed by atoms with E-state index in [1.165, 1.54) is 11.1 Å². The number of rotatable bonds is 6. The van der Waals surface area contributed by atoms with Crippen molar-refractivity contribution in [3.8, 4) is 0 Å². The fourth-order valence-electron chi connectivity index (χ4n) is 3.38. The van der Waals surface area contributed by atoms with Crippen LogP contribution in [0.2, 0.25) is 0 Å². The summed E-state index contributed by atoms with van der Waals surface area (Å²) in [6, 6.07) is 10.1. The van der Waals surface area contributed by atoms with Gasteiger partial charge in [0.1, 0.15) is 0 Å². The van der Waals surface area contributed by atoms with E-state index < -0.39 is 0 Å². The van der Waals surface area contributed by atoms with E-state index in [4.69, 9.17) is 4.74 Å². The Balaban J connectivity index is 1.51. The number of nitrogens with zero attached hydrogens (tertiary/aromatic N) is 2. The molecule has 1 saturated heterocycles. The summed E-state index contributed by atoms with van der Waals surface area (Å²) in [4.78, 5) is 30.3. The first-order valence-electron chi connectivity index (χ1n) is 10.0. The molecule has 0 saturated carbocycles.